The molecular weight excluding hydrogens is 326 g/mol. The number of hydrogen-bond acceptors (Lipinski definition) is 3. The van der Waals surface area contributed by atoms with E-state index in [9.17, 15) is 0 Å². The lowest BCUT2D eigenvalue weighted by atomic mass is 10.1. The van der Waals surface area contributed by atoms with Gasteiger partial charge in [0.1, 0.15) is 0 Å². The van der Waals surface area contributed by atoms with Crippen molar-refractivity contribution in [2.24, 2.45) is 0 Å². The van der Waals surface area contributed by atoms with Crippen LogP contribution < -0.4 is 10.2 Å². The Balaban J connectivity index is 2.02. The quantitative estimate of drug-likeness (QED) is 0.861. The molecule has 4 heteroatoms. The van der Waals surface area contributed by atoms with E-state index in [0.717, 1.165) is 23.1 Å². The first-order valence-electron chi connectivity index (χ1n) is 7.19. The molecule has 1 N–H and O–H groups in total. The van der Waals surface area contributed by atoms with Crippen molar-refractivity contribution in [2.75, 3.05) is 25.5 Å². The van der Waals surface area contributed by atoms with Gasteiger partial charge >= 0.3 is 0 Å². The average molecular weight is 348 g/mol. The maximum absolute atomic E-state index is 4.37. The number of hydrogen-bond donors (Lipinski definition) is 1. The van der Waals surface area contributed by atoms with Gasteiger partial charge in [-0.15, -0.1) is 0 Å². The smallest absolute Gasteiger partial charge is 0.0421 e. The van der Waals surface area contributed by atoms with Gasteiger partial charge in [0.25, 0.3) is 0 Å². The van der Waals surface area contributed by atoms with Gasteiger partial charge in [0.05, 0.1) is 0 Å². The summed E-state index contributed by atoms with van der Waals surface area (Å²) in [5.41, 5.74) is 3.62. The normalized spacial score (nSPS) is 12.2. The fourth-order valence-corrected chi connectivity index (χ4v) is 2.93. The van der Waals surface area contributed by atoms with Crippen molar-refractivity contribution in [2.45, 2.75) is 19.4 Å². The average Bonchev–Trinajstić information content (AvgIpc) is 2.52. The molecule has 0 aliphatic heterocycles. The summed E-state index contributed by atoms with van der Waals surface area (Å²) in [6.45, 7) is 3.11. The molecule has 0 fully saturated rings. The summed E-state index contributed by atoms with van der Waals surface area (Å²) in [4.78, 5) is 6.62. The van der Waals surface area contributed by atoms with E-state index in [2.05, 4.69) is 69.4 Å². The lowest BCUT2D eigenvalue weighted by Gasteiger charge is -2.21. The van der Waals surface area contributed by atoms with Gasteiger partial charge in [0.15, 0.2) is 0 Å². The van der Waals surface area contributed by atoms with E-state index in [1.165, 1.54) is 11.3 Å². The van der Waals surface area contributed by atoms with Gasteiger partial charge in [-0.3, -0.25) is 4.98 Å². The molecule has 3 nitrogen and oxygen atoms in total. The Labute approximate surface area is 135 Å². The third-order valence-corrected chi connectivity index (χ3v) is 4.44. The van der Waals surface area contributed by atoms with E-state index in [4.69, 9.17) is 0 Å². The third-order valence-electron chi connectivity index (χ3n) is 3.75. The number of rotatable bonds is 6. The molecule has 0 saturated carbocycles. The monoisotopic (exact) mass is 347 g/mol. The fraction of sp³-hybridized carbons (Fsp3) is 0.353. The van der Waals surface area contributed by atoms with E-state index in [0.29, 0.717) is 6.04 Å². The molecule has 0 saturated heterocycles. The van der Waals surface area contributed by atoms with Crippen LogP contribution >= 0.6 is 15.9 Å². The van der Waals surface area contributed by atoms with Crippen molar-refractivity contribution >= 4 is 21.6 Å². The maximum atomic E-state index is 4.37. The zero-order chi connectivity index (χ0) is 15.2. The van der Waals surface area contributed by atoms with Crippen molar-refractivity contribution in [3.05, 3.63) is 58.3 Å². The zero-order valence-corrected chi connectivity index (χ0v) is 14.4. The third kappa shape index (κ3) is 4.29. The van der Waals surface area contributed by atoms with Gasteiger partial charge in [-0.25, -0.2) is 0 Å². The second kappa shape index (κ2) is 7.57. The Morgan fingerprint density at radius 3 is 2.71 bits per heavy atom. The highest BCUT2D eigenvalue weighted by Crippen LogP contribution is 2.27. The molecule has 0 spiro atoms. The van der Waals surface area contributed by atoms with Crippen LogP contribution in [0, 0.1) is 0 Å². The van der Waals surface area contributed by atoms with Crippen LogP contribution in [0.2, 0.25) is 0 Å². The largest absolute Gasteiger partial charge is 0.374 e. The number of nitrogens with zero attached hydrogens (tertiary/aromatic N) is 2. The number of nitrogens with one attached hydrogen (secondary N) is 1. The summed E-state index contributed by atoms with van der Waals surface area (Å²) >= 11 is 3.67. The molecule has 2 aromatic rings. The van der Waals surface area contributed by atoms with Crippen molar-refractivity contribution in [3.63, 3.8) is 0 Å². The van der Waals surface area contributed by atoms with Crippen LogP contribution in [0.15, 0.2) is 47.1 Å². The number of anilines is 1. The van der Waals surface area contributed by atoms with Gasteiger partial charge in [0.2, 0.25) is 0 Å². The van der Waals surface area contributed by atoms with Crippen LogP contribution in [0.5, 0.6) is 0 Å². The van der Waals surface area contributed by atoms with Gasteiger partial charge < -0.3 is 10.2 Å². The molecule has 0 aliphatic carbocycles. The Morgan fingerprint density at radius 2 is 2.10 bits per heavy atom. The number of halogens is 1. The Hall–Kier alpha value is -1.39. The predicted molar refractivity (Wildman–Crippen MR) is 92.8 cm³/mol. The second-order valence-corrected chi connectivity index (χ2v) is 6.06. The summed E-state index contributed by atoms with van der Waals surface area (Å²) < 4.78 is 1.14. The van der Waals surface area contributed by atoms with Gasteiger partial charge in [-0.1, -0.05) is 28.1 Å². The number of benzene rings is 1. The van der Waals surface area contributed by atoms with Crippen LogP contribution in [0.25, 0.3) is 0 Å². The standard InChI is InChI=1S/C17H22BrN3/c1-13(19-2)16-8-7-15(12-17(16)18)21(3)11-9-14-6-4-5-10-20-14/h4-8,10,12-13,19H,9,11H2,1-3H3. The highest BCUT2D eigenvalue weighted by atomic mass is 79.9. The van der Waals surface area contributed by atoms with Gasteiger partial charge in [-0.05, 0) is 43.8 Å². The maximum Gasteiger partial charge on any atom is 0.0421 e. The molecule has 0 amide bonds. The summed E-state index contributed by atoms with van der Waals surface area (Å²) in [7, 11) is 4.09. The van der Waals surface area contributed by atoms with Crippen LogP contribution in [-0.4, -0.2) is 25.6 Å². The minimum Gasteiger partial charge on any atom is -0.374 e. The molecule has 2 rings (SSSR count). The molecule has 1 unspecified atom stereocenters. The molecule has 1 aromatic carbocycles. The summed E-state index contributed by atoms with van der Waals surface area (Å²) in [6.07, 6.45) is 2.80. The van der Waals surface area contributed by atoms with E-state index in [-0.39, 0.29) is 0 Å². The molecule has 112 valence electrons. The molecule has 0 bridgehead atoms. The van der Waals surface area contributed by atoms with E-state index in [1.54, 1.807) is 0 Å². The van der Waals surface area contributed by atoms with Crippen molar-refractivity contribution in [3.8, 4) is 0 Å². The molecule has 1 heterocycles. The van der Waals surface area contributed by atoms with Crippen molar-refractivity contribution in [1.82, 2.24) is 10.3 Å². The summed E-state index contributed by atoms with van der Waals surface area (Å²) in [5, 5.41) is 3.27. The van der Waals surface area contributed by atoms with E-state index in [1.807, 2.05) is 25.4 Å². The van der Waals surface area contributed by atoms with Crippen molar-refractivity contribution < 1.29 is 0 Å². The van der Waals surface area contributed by atoms with Crippen LogP contribution in [0.4, 0.5) is 5.69 Å². The second-order valence-electron chi connectivity index (χ2n) is 5.21. The lowest BCUT2D eigenvalue weighted by molar-refractivity contribution is 0.649. The zero-order valence-electron chi connectivity index (χ0n) is 12.8. The van der Waals surface area contributed by atoms with Crippen LogP contribution in [0.1, 0.15) is 24.2 Å². The molecule has 21 heavy (non-hydrogen) atoms. The minimum atomic E-state index is 0.340. The Bertz CT molecular complexity index is 572. The predicted octanol–water partition coefficient (Wildman–Crippen LogP) is 3.80. The Morgan fingerprint density at radius 1 is 1.29 bits per heavy atom. The highest BCUT2D eigenvalue weighted by Gasteiger charge is 2.09. The molecule has 1 atom stereocenters. The fourth-order valence-electron chi connectivity index (χ4n) is 2.22. The number of aromatic nitrogens is 1. The van der Waals surface area contributed by atoms with Crippen LogP contribution in [-0.2, 0) is 6.42 Å². The minimum absolute atomic E-state index is 0.340. The van der Waals surface area contributed by atoms with Crippen molar-refractivity contribution in [1.29, 1.82) is 0 Å². The number of pyridine rings is 1. The first-order chi connectivity index (χ1) is 10.1. The molecule has 0 radical (unpaired) electrons. The summed E-state index contributed by atoms with van der Waals surface area (Å²) in [5.74, 6) is 0. The highest BCUT2D eigenvalue weighted by molar-refractivity contribution is 9.10. The Kier molecular flexibility index (Phi) is 5.76. The molecular formula is C17H22BrN3. The molecule has 1 aromatic heterocycles. The van der Waals surface area contributed by atoms with E-state index >= 15 is 0 Å². The first-order valence-corrected chi connectivity index (χ1v) is 7.99. The SMILES string of the molecule is CNC(C)c1ccc(N(C)CCc2ccccn2)cc1Br. The molecule has 0 aliphatic rings. The van der Waals surface area contributed by atoms with Gasteiger partial charge in [-0.2, -0.15) is 0 Å². The van der Waals surface area contributed by atoms with E-state index < -0.39 is 0 Å². The topological polar surface area (TPSA) is 28.2 Å². The summed E-state index contributed by atoms with van der Waals surface area (Å²) in [6, 6.07) is 12.9. The van der Waals surface area contributed by atoms with Crippen LogP contribution in [0.3, 0.4) is 0 Å². The van der Waals surface area contributed by atoms with Gasteiger partial charge in [0, 0.05) is 48.1 Å². The first kappa shape index (κ1) is 16.0. The number of likely N-dealkylation sites (N-methyl/N-ethyl adjacent to an activating group) is 1. The lowest BCUT2D eigenvalue weighted by Crippen LogP contribution is -2.21.